The van der Waals surface area contributed by atoms with Gasteiger partial charge in [-0.15, -0.1) is 15.3 Å². The van der Waals surface area contributed by atoms with Gasteiger partial charge in [0.2, 0.25) is 5.91 Å². The highest BCUT2D eigenvalue weighted by molar-refractivity contribution is 5.79. The van der Waals surface area contributed by atoms with Gasteiger partial charge >= 0.3 is 6.18 Å². The number of anilines is 1. The van der Waals surface area contributed by atoms with Crippen molar-refractivity contribution >= 4 is 17.4 Å². The van der Waals surface area contributed by atoms with E-state index >= 15 is 0 Å². The van der Waals surface area contributed by atoms with Crippen LogP contribution in [0.25, 0.3) is 5.65 Å². The predicted octanol–water partition coefficient (Wildman–Crippen LogP) is 3.69. The molecule has 0 saturated carbocycles. The van der Waals surface area contributed by atoms with Crippen molar-refractivity contribution in [2.45, 2.75) is 65.6 Å². The van der Waals surface area contributed by atoms with Crippen LogP contribution in [0.2, 0.25) is 0 Å². The van der Waals surface area contributed by atoms with Crippen molar-refractivity contribution in [3.05, 3.63) is 18.0 Å². The van der Waals surface area contributed by atoms with Gasteiger partial charge in [0.05, 0.1) is 0 Å². The van der Waals surface area contributed by atoms with E-state index in [0.29, 0.717) is 31.7 Å². The molecule has 0 aliphatic carbocycles. The number of nitrogens with one attached hydrogen (secondary N) is 1. The van der Waals surface area contributed by atoms with E-state index in [-0.39, 0.29) is 28.4 Å². The van der Waals surface area contributed by atoms with Crippen molar-refractivity contribution in [2.75, 3.05) is 18.0 Å². The fourth-order valence-electron chi connectivity index (χ4n) is 4.30. The van der Waals surface area contributed by atoms with Crippen LogP contribution in [0.4, 0.5) is 19.0 Å². The first-order valence-electron chi connectivity index (χ1n) is 10.1. The standard InChI is InChI=1S/C20H29F3N6O/c1-18(2,3)12-19(4,5)24-16(30)13-8-10-28(11-9-13)15-7-6-14-25-26-17(20(21,22)23)29(14)27-15/h6-7,13H,8-12H2,1-5H3,(H,24,30). The molecular weight excluding hydrogens is 397 g/mol. The lowest BCUT2D eigenvalue weighted by molar-refractivity contribution is -0.146. The topological polar surface area (TPSA) is 75.4 Å². The van der Waals surface area contributed by atoms with E-state index in [0.717, 1.165) is 10.9 Å². The van der Waals surface area contributed by atoms with Gasteiger partial charge in [0.25, 0.3) is 5.82 Å². The molecule has 1 aliphatic rings. The minimum absolute atomic E-state index is 0.0329. The first-order valence-corrected chi connectivity index (χ1v) is 10.1. The largest absolute Gasteiger partial charge is 0.453 e. The summed E-state index contributed by atoms with van der Waals surface area (Å²) in [5.74, 6) is -0.815. The molecule has 1 fully saturated rings. The van der Waals surface area contributed by atoms with Gasteiger partial charge in [0.1, 0.15) is 5.82 Å². The molecule has 1 amide bonds. The predicted molar refractivity (Wildman–Crippen MR) is 107 cm³/mol. The van der Waals surface area contributed by atoms with Crippen LogP contribution in [0.1, 0.15) is 59.7 Å². The Kier molecular flexibility index (Phi) is 5.72. The molecule has 166 valence electrons. The molecule has 30 heavy (non-hydrogen) atoms. The number of fused-ring (bicyclic) bond motifs is 1. The van der Waals surface area contributed by atoms with E-state index < -0.39 is 12.0 Å². The highest BCUT2D eigenvalue weighted by atomic mass is 19.4. The van der Waals surface area contributed by atoms with E-state index in [1.807, 2.05) is 18.7 Å². The molecule has 3 rings (SSSR count). The molecule has 1 saturated heterocycles. The summed E-state index contributed by atoms with van der Waals surface area (Å²) in [5, 5.41) is 14.0. The summed E-state index contributed by atoms with van der Waals surface area (Å²) < 4.78 is 40.0. The molecule has 2 aromatic rings. The zero-order valence-corrected chi connectivity index (χ0v) is 18.0. The lowest BCUT2D eigenvalue weighted by Crippen LogP contribution is -2.50. The second-order valence-corrected chi connectivity index (χ2v) is 9.85. The van der Waals surface area contributed by atoms with Crippen molar-refractivity contribution in [3.8, 4) is 0 Å². The maximum Gasteiger partial charge on any atom is 0.453 e. The SMILES string of the molecule is CC(C)(C)CC(C)(C)NC(=O)C1CCN(c2ccc3nnc(C(F)(F)F)n3n2)CC1. The first-order chi connectivity index (χ1) is 13.8. The molecule has 0 radical (unpaired) electrons. The van der Waals surface area contributed by atoms with Gasteiger partial charge in [0.15, 0.2) is 5.65 Å². The van der Waals surface area contributed by atoms with Gasteiger partial charge in [-0.1, -0.05) is 20.8 Å². The van der Waals surface area contributed by atoms with Crippen molar-refractivity contribution in [2.24, 2.45) is 11.3 Å². The van der Waals surface area contributed by atoms with Crippen LogP contribution in [0.3, 0.4) is 0 Å². The zero-order valence-electron chi connectivity index (χ0n) is 18.0. The van der Waals surface area contributed by atoms with Crippen LogP contribution in [0.15, 0.2) is 12.1 Å². The van der Waals surface area contributed by atoms with Crippen LogP contribution >= 0.6 is 0 Å². The van der Waals surface area contributed by atoms with E-state index in [2.05, 4.69) is 41.4 Å². The number of halogens is 3. The van der Waals surface area contributed by atoms with Gasteiger partial charge in [0, 0.05) is 24.5 Å². The Hall–Kier alpha value is -2.39. The Bertz CT molecular complexity index is 907. The second-order valence-electron chi connectivity index (χ2n) is 9.85. The summed E-state index contributed by atoms with van der Waals surface area (Å²) in [7, 11) is 0. The number of aromatic nitrogens is 4. The van der Waals surface area contributed by atoms with Crippen LogP contribution < -0.4 is 10.2 Å². The molecule has 0 aromatic carbocycles. The van der Waals surface area contributed by atoms with Crippen molar-refractivity contribution in [1.29, 1.82) is 0 Å². The fraction of sp³-hybridized carbons (Fsp3) is 0.700. The Morgan fingerprint density at radius 1 is 1.10 bits per heavy atom. The Balaban J connectivity index is 1.65. The molecule has 0 bridgehead atoms. The first kappa shape index (κ1) is 22.3. The van der Waals surface area contributed by atoms with Crippen LogP contribution in [0, 0.1) is 11.3 Å². The van der Waals surface area contributed by atoms with Crippen LogP contribution in [-0.4, -0.2) is 44.3 Å². The lowest BCUT2D eigenvalue weighted by Gasteiger charge is -2.37. The Labute approximate surface area is 174 Å². The summed E-state index contributed by atoms with van der Waals surface area (Å²) in [6, 6.07) is 3.11. The fourth-order valence-corrected chi connectivity index (χ4v) is 4.30. The van der Waals surface area contributed by atoms with E-state index in [1.54, 1.807) is 6.07 Å². The Morgan fingerprint density at radius 2 is 1.73 bits per heavy atom. The monoisotopic (exact) mass is 426 g/mol. The second kappa shape index (κ2) is 7.70. The summed E-state index contributed by atoms with van der Waals surface area (Å²) in [4.78, 5) is 14.6. The average molecular weight is 426 g/mol. The highest BCUT2D eigenvalue weighted by Crippen LogP contribution is 2.30. The van der Waals surface area contributed by atoms with Crippen molar-refractivity contribution < 1.29 is 18.0 Å². The number of piperidine rings is 1. The average Bonchev–Trinajstić information content (AvgIpc) is 3.02. The minimum Gasteiger partial charge on any atom is -0.355 e. The molecule has 1 aliphatic heterocycles. The summed E-state index contributed by atoms with van der Waals surface area (Å²) >= 11 is 0. The number of carbonyl (C=O) groups is 1. The minimum atomic E-state index is -4.63. The summed E-state index contributed by atoms with van der Waals surface area (Å²) in [5.41, 5.74) is -0.162. The maximum absolute atomic E-state index is 13.1. The number of hydrogen-bond acceptors (Lipinski definition) is 5. The summed E-state index contributed by atoms with van der Waals surface area (Å²) in [6.45, 7) is 11.6. The van der Waals surface area contributed by atoms with Crippen molar-refractivity contribution in [1.82, 2.24) is 25.1 Å². The third-order valence-corrected chi connectivity index (χ3v) is 5.13. The number of alkyl halides is 3. The molecule has 0 unspecified atom stereocenters. The lowest BCUT2D eigenvalue weighted by atomic mass is 9.81. The molecule has 0 spiro atoms. The quantitative estimate of drug-likeness (QED) is 0.807. The van der Waals surface area contributed by atoms with Gasteiger partial charge < -0.3 is 10.2 Å². The molecule has 10 heteroatoms. The van der Waals surface area contributed by atoms with E-state index in [9.17, 15) is 18.0 Å². The smallest absolute Gasteiger partial charge is 0.355 e. The Morgan fingerprint density at radius 3 is 2.30 bits per heavy atom. The molecule has 3 heterocycles. The van der Waals surface area contributed by atoms with E-state index in [1.165, 1.54) is 6.07 Å². The molecule has 1 N–H and O–H groups in total. The number of rotatable bonds is 4. The van der Waals surface area contributed by atoms with Crippen LogP contribution in [0.5, 0.6) is 0 Å². The number of hydrogen-bond donors (Lipinski definition) is 1. The third-order valence-electron chi connectivity index (χ3n) is 5.13. The number of amides is 1. The van der Waals surface area contributed by atoms with Crippen molar-refractivity contribution in [3.63, 3.8) is 0 Å². The third kappa shape index (κ3) is 5.20. The van der Waals surface area contributed by atoms with Gasteiger partial charge in [-0.2, -0.15) is 17.7 Å². The normalized spacial score (nSPS) is 16.9. The number of nitrogens with zero attached hydrogens (tertiary/aromatic N) is 5. The maximum atomic E-state index is 13.1. The molecule has 0 atom stereocenters. The van der Waals surface area contributed by atoms with Crippen LogP contribution in [-0.2, 0) is 11.0 Å². The van der Waals surface area contributed by atoms with Gasteiger partial charge in [-0.05, 0) is 50.7 Å². The molecular formula is C20H29F3N6O. The van der Waals surface area contributed by atoms with E-state index in [4.69, 9.17) is 0 Å². The highest BCUT2D eigenvalue weighted by Gasteiger charge is 2.38. The van der Waals surface area contributed by atoms with Gasteiger partial charge in [-0.3, -0.25) is 4.79 Å². The molecule has 7 nitrogen and oxygen atoms in total. The molecule has 2 aromatic heterocycles. The summed E-state index contributed by atoms with van der Waals surface area (Å²) in [6.07, 6.45) is -2.54. The zero-order chi connectivity index (χ0) is 22.3. The van der Waals surface area contributed by atoms with Gasteiger partial charge in [-0.25, -0.2) is 0 Å². The number of carbonyl (C=O) groups excluding carboxylic acids is 1.